The Morgan fingerprint density at radius 3 is 2.79 bits per heavy atom. The Balaban J connectivity index is 0.00000180. The van der Waals surface area contributed by atoms with Crippen molar-refractivity contribution in [3.8, 4) is 0 Å². The van der Waals surface area contributed by atoms with Gasteiger partial charge in [0, 0.05) is 11.9 Å². The molecule has 0 atom stereocenters. The fourth-order valence-electron chi connectivity index (χ4n) is 1.64. The summed E-state index contributed by atoms with van der Waals surface area (Å²) in [5, 5.41) is 4.17. The fourth-order valence-corrected chi connectivity index (χ4v) is 1.64. The third-order valence-electron chi connectivity index (χ3n) is 2.57. The maximum Gasteiger partial charge on any atom is 0.189 e. The molecule has 1 aromatic carbocycles. The number of furan rings is 1. The molecule has 19 heavy (non-hydrogen) atoms. The molecule has 4 nitrogen and oxygen atoms in total. The van der Waals surface area contributed by atoms with Gasteiger partial charge in [0.15, 0.2) is 5.96 Å². The monoisotopic (exact) mass is 373 g/mol. The van der Waals surface area contributed by atoms with Crippen molar-refractivity contribution in [2.75, 3.05) is 6.54 Å². The standard InChI is InChI=1S/C14H19N3O.HI/c1-10(2)8-16-14(15)17-9-12-7-11-5-3-4-6-13(11)18-12;/h3-7,10H,8-9H2,1-2H3,(H3,15,16,17);1H. The van der Waals surface area contributed by atoms with E-state index in [4.69, 9.17) is 10.2 Å². The number of nitrogens with zero attached hydrogens (tertiary/aromatic N) is 1. The van der Waals surface area contributed by atoms with E-state index < -0.39 is 0 Å². The zero-order chi connectivity index (χ0) is 13.0. The molecule has 1 aromatic heterocycles. The summed E-state index contributed by atoms with van der Waals surface area (Å²) >= 11 is 0. The molecular formula is C14H20IN3O. The number of hydrogen-bond acceptors (Lipinski definition) is 2. The first kappa shape index (κ1) is 15.8. The van der Waals surface area contributed by atoms with Gasteiger partial charge < -0.3 is 15.5 Å². The molecule has 0 saturated heterocycles. The average molecular weight is 373 g/mol. The van der Waals surface area contributed by atoms with Crippen LogP contribution in [0.5, 0.6) is 0 Å². The fraction of sp³-hybridized carbons (Fsp3) is 0.357. The summed E-state index contributed by atoms with van der Waals surface area (Å²) in [6, 6.07) is 9.91. The van der Waals surface area contributed by atoms with Crippen molar-refractivity contribution in [2.45, 2.75) is 20.4 Å². The molecule has 0 saturated carbocycles. The summed E-state index contributed by atoms with van der Waals surface area (Å²) in [6.45, 7) is 5.54. The van der Waals surface area contributed by atoms with Crippen LogP contribution < -0.4 is 11.1 Å². The van der Waals surface area contributed by atoms with Gasteiger partial charge in [-0.3, -0.25) is 0 Å². The largest absolute Gasteiger partial charge is 0.459 e. The first-order chi connectivity index (χ1) is 8.65. The molecule has 2 aromatic rings. The van der Waals surface area contributed by atoms with Crippen LogP contribution in [0, 0.1) is 5.92 Å². The van der Waals surface area contributed by atoms with Gasteiger partial charge in [0.2, 0.25) is 0 Å². The Labute approximate surface area is 130 Å². The lowest BCUT2D eigenvalue weighted by atomic mass is 10.2. The summed E-state index contributed by atoms with van der Waals surface area (Å²) in [6.07, 6.45) is 0. The van der Waals surface area contributed by atoms with Gasteiger partial charge in [-0.1, -0.05) is 32.0 Å². The lowest BCUT2D eigenvalue weighted by molar-refractivity contribution is 0.551. The molecule has 2 rings (SSSR count). The lowest BCUT2D eigenvalue weighted by Crippen LogP contribution is -2.34. The van der Waals surface area contributed by atoms with Crippen LogP contribution in [-0.4, -0.2) is 12.5 Å². The van der Waals surface area contributed by atoms with E-state index in [0.29, 0.717) is 18.4 Å². The van der Waals surface area contributed by atoms with Gasteiger partial charge in [0.05, 0.1) is 0 Å². The number of aliphatic imine (C=N–C) groups is 1. The van der Waals surface area contributed by atoms with Crippen LogP contribution in [0.4, 0.5) is 0 Å². The van der Waals surface area contributed by atoms with Gasteiger partial charge >= 0.3 is 0 Å². The summed E-state index contributed by atoms with van der Waals surface area (Å²) in [7, 11) is 0. The van der Waals surface area contributed by atoms with Crippen molar-refractivity contribution in [3.63, 3.8) is 0 Å². The molecule has 0 fully saturated rings. The summed E-state index contributed by atoms with van der Waals surface area (Å²) < 4.78 is 5.65. The zero-order valence-electron chi connectivity index (χ0n) is 11.2. The molecule has 0 aliphatic heterocycles. The zero-order valence-corrected chi connectivity index (χ0v) is 13.5. The number of nitrogens with one attached hydrogen (secondary N) is 1. The molecular weight excluding hydrogens is 353 g/mol. The molecule has 0 bridgehead atoms. The van der Waals surface area contributed by atoms with Crippen molar-refractivity contribution >= 4 is 40.9 Å². The van der Waals surface area contributed by atoms with E-state index >= 15 is 0 Å². The van der Waals surface area contributed by atoms with Gasteiger partial charge in [-0.25, -0.2) is 4.99 Å². The smallest absolute Gasteiger partial charge is 0.189 e. The van der Waals surface area contributed by atoms with Crippen LogP contribution in [-0.2, 0) is 6.54 Å². The SMILES string of the molecule is CC(C)CNC(N)=NCc1cc2ccccc2o1.I. The Kier molecular flexibility index (Phi) is 6.14. The minimum atomic E-state index is 0. The highest BCUT2D eigenvalue weighted by molar-refractivity contribution is 14.0. The first-order valence-corrected chi connectivity index (χ1v) is 6.16. The van der Waals surface area contributed by atoms with Crippen molar-refractivity contribution in [1.29, 1.82) is 0 Å². The molecule has 0 amide bonds. The number of halogens is 1. The number of fused-ring (bicyclic) bond motifs is 1. The van der Waals surface area contributed by atoms with Crippen molar-refractivity contribution in [3.05, 3.63) is 36.1 Å². The predicted molar refractivity (Wildman–Crippen MR) is 89.8 cm³/mol. The van der Waals surface area contributed by atoms with Crippen molar-refractivity contribution in [1.82, 2.24) is 5.32 Å². The van der Waals surface area contributed by atoms with Gasteiger partial charge in [0.1, 0.15) is 17.9 Å². The Bertz CT molecular complexity index is 515. The van der Waals surface area contributed by atoms with Crippen LogP contribution in [0.1, 0.15) is 19.6 Å². The van der Waals surface area contributed by atoms with Crippen LogP contribution >= 0.6 is 24.0 Å². The molecule has 1 heterocycles. The van der Waals surface area contributed by atoms with E-state index in [9.17, 15) is 0 Å². The molecule has 5 heteroatoms. The van der Waals surface area contributed by atoms with Gasteiger partial charge in [-0.05, 0) is 18.1 Å². The molecule has 0 unspecified atom stereocenters. The topological polar surface area (TPSA) is 63.5 Å². The second kappa shape index (κ2) is 7.37. The summed E-state index contributed by atoms with van der Waals surface area (Å²) in [4.78, 5) is 4.25. The molecule has 0 aliphatic carbocycles. The van der Waals surface area contributed by atoms with E-state index in [1.54, 1.807) is 0 Å². The quantitative estimate of drug-likeness (QED) is 0.492. The van der Waals surface area contributed by atoms with Crippen LogP contribution in [0.2, 0.25) is 0 Å². The van der Waals surface area contributed by atoms with Gasteiger partial charge in [-0.2, -0.15) is 0 Å². The summed E-state index contributed by atoms with van der Waals surface area (Å²) in [5.41, 5.74) is 6.65. The highest BCUT2D eigenvalue weighted by Crippen LogP contribution is 2.19. The first-order valence-electron chi connectivity index (χ1n) is 6.16. The number of benzene rings is 1. The van der Waals surface area contributed by atoms with Crippen LogP contribution in [0.25, 0.3) is 11.0 Å². The molecule has 104 valence electrons. The minimum absolute atomic E-state index is 0. The van der Waals surface area contributed by atoms with Crippen LogP contribution in [0.15, 0.2) is 39.7 Å². The van der Waals surface area contributed by atoms with E-state index in [1.165, 1.54) is 0 Å². The molecule has 0 spiro atoms. The van der Waals surface area contributed by atoms with Crippen LogP contribution in [0.3, 0.4) is 0 Å². The number of hydrogen-bond donors (Lipinski definition) is 2. The normalized spacial score (nSPS) is 11.6. The Morgan fingerprint density at radius 1 is 1.37 bits per heavy atom. The number of guanidine groups is 1. The molecule has 3 N–H and O–H groups in total. The number of rotatable bonds is 4. The third kappa shape index (κ3) is 4.74. The lowest BCUT2D eigenvalue weighted by Gasteiger charge is -2.07. The third-order valence-corrected chi connectivity index (χ3v) is 2.57. The Hall–Kier alpha value is -1.24. The van der Waals surface area contributed by atoms with E-state index in [2.05, 4.69) is 24.2 Å². The second-order valence-electron chi connectivity index (χ2n) is 4.73. The second-order valence-corrected chi connectivity index (χ2v) is 4.73. The highest BCUT2D eigenvalue weighted by Gasteiger charge is 2.02. The van der Waals surface area contributed by atoms with E-state index in [1.807, 2.05) is 30.3 Å². The van der Waals surface area contributed by atoms with Crippen molar-refractivity contribution in [2.24, 2.45) is 16.6 Å². The summed E-state index contributed by atoms with van der Waals surface area (Å²) in [5.74, 6) is 1.83. The average Bonchev–Trinajstić information content (AvgIpc) is 2.76. The number of para-hydroxylation sites is 1. The highest BCUT2D eigenvalue weighted by atomic mass is 127. The van der Waals surface area contributed by atoms with E-state index in [-0.39, 0.29) is 24.0 Å². The maximum atomic E-state index is 5.76. The van der Waals surface area contributed by atoms with Crippen molar-refractivity contribution < 1.29 is 4.42 Å². The van der Waals surface area contributed by atoms with E-state index in [0.717, 1.165) is 23.3 Å². The predicted octanol–water partition coefficient (Wildman–Crippen LogP) is 3.11. The number of nitrogens with two attached hydrogens (primary N) is 1. The van der Waals surface area contributed by atoms with Gasteiger partial charge in [-0.15, -0.1) is 24.0 Å². The maximum absolute atomic E-state index is 5.76. The van der Waals surface area contributed by atoms with Gasteiger partial charge in [0.25, 0.3) is 0 Å². The molecule has 0 aliphatic rings. The minimum Gasteiger partial charge on any atom is -0.459 e. The Morgan fingerprint density at radius 2 is 2.11 bits per heavy atom. The molecule has 0 radical (unpaired) electrons.